The van der Waals surface area contributed by atoms with Crippen LogP contribution in [0.5, 0.6) is 0 Å². The SMILES string of the molecule is C=CC1=C(C=C)C(=O)C(=Cc2cc3sc(C=C4C(=O)c5ccccc5C4=O)cc3s2)C1=O. The van der Waals surface area contributed by atoms with E-state index < -0.39 is 0 Å². The molecule has 0 unspecified atom stereocenters. The number of hydrogen-bond donors (Lipinski definition) is 0. The number of carbonyl (C=O) groups is 4. The highest BCUT2D eigenvalue weighted by atomic mass is 32.1. The Hall–Kier alpha value is -3.74. The van der Waals surface area contributed by atoms with E-state index in [1.807, 2.05) is 12.1 Å². The molecule has 0 aliphatic heterocycles. The first-order valence-electron chi connectivity index (χ1n) is 9.66. The van der Waals surface area contributed by atoms with E-state index in [2.05, 4.69) is 13.2 Å². The molecule has 0 saturated heterocycles. The van der Waals surface area contributed by atoms with Gasteiger partial charge in [0.05, 0.1) is 11.1 Å². The maximum Gasteiger partial charge on any atom is 0.197 e. The van der Waals surface area contributed by atoms with Crippen LogP contribution >= 0.6 is 22.7 Å². The van der Waals surface area contributed by atoms with Gasteiger partial charge in [-0.1, -0.05) is 49.6 Å². The lowest BCUT2D eigenvalue weighted by Crippen LogP contribution is -2.03. The number of fused-ring (bicyclic) bond motifs is 2. The standard InChI is InChI=1S/C26H14O4S2/c1-3-15-16(4-2)24(28)19(23(15)27)9-13-11-21-22(31-13)12-14(32-21)10-20-25(29)17-7-5-6-8-18(17)26(20)30/h3-12H,1-2H2. The van der Waals surface area contributed by atoms with Crippen molar-refractivity contribution < 1.29 is 19.2 Å². The lowest BCUT2D eigenvalue weighted by Gasteiger charge is -1.94. The highest BCUT2D eigenvalue weighted by Gasteiger charge is 2.33. The molecular weight excluding hydrogens is 440 g/mol. The monoisotopic (exact) mass is 454 g/mol. The molecule has 2 aromatic heterocycles. The van der Waals surface area contributed by atoms with Crippen molar-refractivity contribution in [3.8, 4) is 0 Å². The van der Waals surface area contributed by atoms with Gasteiger partial charge < -0.3 is 0 Å². The van der Waals surface area contributed by atoms with Crippen LogP contribution in [0.1, 0.15) is 30.5 Å². The van der Waals surface area contributed by atoms with Crippen molar-refractivity contribution in [2.24, 2.45) is 0 Å². The average Bonchev–Trinajstić information content (AvgIpc) is 3.47. The van der Waals surface area contributed by atoms with Crippen LogP contribution in [0.15, 0.2) is 84.0 Å². The molecule has 4 nitrogen and oxygen atoms in total. The Morgan fingerprint density at radius 3 is 1.44 bits per heavy atom. The molecule has 0 N–H and O–H groups in total. The number of thiophene rings is 2. The molecule has 0 radical (unpaired) electrons. The Balaban J connectivity index is 1.47. The van der Waals surface area contributed by atoms with Crippen molar-refractivity contribution in [1.82, 2.24) is 0 Å². The van der Waals surface area contributed by atoms with Gasteiger partial charge in [0.15, 0.2) is 23.1 Å². The zero-order valence-electron chi connectivity index (χ0n) is 16.6. The number of carbonyl (C=O) groups excluding carboxylic acids is 4. The van der Waals surface area contributed by atoms with Crippen LogP contribution in [0.4, 0.5) is 0 Å². The van der Waals surface area contributed by atoms with Crippen LogP contribution in [-0.2, 0) is 9.59 Å². The fraction of sp³-hybridized carbons (Fsp3) is 0. The lowest BCUT2D eigenvalue weighted by molar-refractivity contribution is -0.115. The average molecular weight is 455 g/mol. The molecule has 0 atom stereocenters. The third-order valence-electron chi connectivity index (χ3n) is 5.40. The van der Waals surface area contributed by atoms with Crippen LogP contribution in [0, 0.1) is 0 Å². The molecule has 32 heavy (non-hydrogen) atoms. The Morgan fingerprint density at radius 2 is 1.03 bits per heavy atom. The maximum absolute atomic E-state index is 12.6. The second-order valence-corrected chi connectivity index (χ2v) is 9.47. The number of Topliss-reactive ketones (excluding diaryl/α,β-unsaturated/α-hetero) is 4. The molecule has 0 bridgehead atoms. The van der Waals surface area contributed by atoms with E-state index in [0.717, 1.165) is 19.2 Å². The minimum absolute atomic E-state index is 0.103. The summed E-state index contributed by atoms with van der Waals surface area (Å²) in [5.74, 6) is -1.20. The summed E-state index contributed by atoms with van der Waals surface area (Å²) in [6, 6.07) is 10.6. The smallest absolute Gasteiger partial charge is 0.197 e. The van der Waals surface area contributed by atoms with E-state index >= 15 is 0 Å². The number of hydrogen-bond acceptors (Lipinski definition) is 6. The number of rotatable bonds is 4. The molecule has 2 aliphatic rings. The first-order chi connectivity index (χ1) is 15.4. The van der Waals surface area contributed by atoms with Gasteiger partial charge >= 0.3 is 0 Å². The van der Waals surface area contributed by atoms with Crippen molar-refractivity contribution in [3.63, 3.8) is 0 Å². The van der Waals surface area contributed by atoms with Crippen LogP contribution in [0.2, 0.25) is 0 Å². The summed E-state index contributed by atoms with van der Waals surface area (Å²) in [7, 11) is 0. The summed E-state index contributed by atoms with van der Waals surface area (Å²) in [6.45, 7) is 7.23. The van der Waals surface area contributed by atoms with E-state index in [4.69, 9.17) is 0 Å². The van der Waals surface area contributed by atoms with Gasteiger partial charge in [-0.25, -0.2) is 0 Å². The van der Waals surface area contributed by atoms with Gasteiger partial charge in [-0.15, -0.1) is 22.7 Å². The predicted molar refractivity (Wildman–Crippen MR) is 128 cm³/mol. The van der Waals surface area contributed by atoms with Crippen molar-refractivity contribution in [2.75, 3.05) is 0 Å². The van der Waals surface area contributed by atoms with Gasteiger partial charge in [-0.05, 0) is 24.3 Å². The van der Waals surface area contributed by atoms with E-state index in [1.54, 1.807) is 36.4 Å². The number of ketones is 4. The Morgan fingerprint density at radius 1 is 0.625 bits per heavy atom. The van der Waals surface area contributed by atoms with Crippen molar-refractivity contribution in [2.45, 2.75) is 0 Å². The number of benzene rings is 1. The van der Waals surface area contributed by atoms with Crippen molar-refractivity contribution >= 4 is 67.4 Å². The van der Waals surface area contributed by atoms with Gasteiger partial charge in [0.1, 0.15) is 0 Å². The second-order valence-electron chi connectivity index (χ2n) is 7.24. The molecule has 0 saturated carbocycles. The van der Waals surface area contributed by atoms with Gasteiger partial charge in [-0.2, -0.15) is 0 Å². The van der Waals surface area contributed by atoms with Crippen LogP contribution in [0.25, 0.3) is 21.6 Å². The van der Waals surface area contributed by atoms with Gasteiger partial charge in [-0.3, -0.25) is 19.2 Å². The van der Waals surface area contributed by atoms with Crippen molar-refractivity contribution in [1.29, 1.82) is 0 Å². The minimum atomic E-state index is -0.347. The lowest BCUT2D eigenvalue weighted by atomic mass is 10.1. The fourth-order valence-electron chi connectivity index (χ4n) is 3.88. The molecule has 1 aromatic carbocycles. The molecule has 0 fully saturated rings. The molecule has 0 spiro atoms. The van der Waals surface area contributed by atoms with Crippen LogP contribution in [0.3, 0.4) is 0 Å². The summed E-state index contributed by atoms with van der Waals surface area (Å²) in [5, 5.41) is 0. The van der Waals surface area contributed by atoms with E-state index in [1.165, 1.54) is 34.8 Å². The first kappa shape index (κ1) is 20.2. The quantitative estimate of drug-likeness (QED) is 0.379. The zero-order valence-corrected chi connectivity index (χ0v) is 18.3. The second kappa shape index (κ2) is 7.44. The van der Waals surface area contributed by atoms with Gasteiger partial charge in [0, 0.05) is 41.4 Å². The molecule has 6 heteroatoms. The molecule has 154 valence electrons. The molecule has 5 rings (SSSR count). The highest BCUT2D eigenvalue weighted by molar-refractivity contribution is 7.28. The summed E-state index contributed by atoms with van der Waals surface area (Å²) in [5.41, 5.74) is 1.70. The largest absolute Gasteiger partial charge is 0.288 e. The minimum Gasteiger partial charge on any atom is -0.288 e. The normalized spacial score (nSPS) is 15.8. The first-order valence-corrected chi connectivity index (χ1v) is 11.3. The summed E-state index contributed by atoms with van der Waals surface area (Å²) >= 11 is 2.88. The highest BCUT2D eigenvalue weighted by Crippen LogP contribution is 2.37. The van der Waals surface area contributed by atoms with E-state index in [-0.39, 0.29) is 45.4 Å². The van der Waals surface area contributed by atoms with E-state index in [0.29, 0.717) is 11.1 Å². The van der Waals surface area contributed by atoms with Crippen molar-refractivity contribution in [3.05, 3.63) is 105 Å². The Labute approximate surface area is 191 Å². The predicted octanol–water partition coefficient (Wildman–Crippen LogP) is 5.63. The maximum atomic E-state index is 12.6. The van der Waals surface area contributed by atoms with Crippen LogP contribution in [-0.4, -0.2) is 23.1 Å². The van der Waals surface area contributed by atoms with Gasteiger partial charge in [0.2, 0.25) is 0 Å². The molecule has 2 aliphatic carbocycles. The fourth-order valence-corrected chi connectivity index (χ4v) is 6.18. The zero-order chi connectivity index (χ0) is 22.6. The third-order valence-corrected chi connectivity index (χ3v) is 7.59. The van der Waals surface area contributed by atoms with Crippen LogP contribution < -0.4 is 0 Å². The summed E-state index contributed by atoms with van der Waals surface area (Å²) in [6.07, 6.45) is 6.01. The molecule has 2 heterocycles. The summed E-state index contributed by atoms with van der Waals surface area (Å²) < 4.78 is 1.89. The Kier molecular flexibility index (Phi) is 4.69. The number of allylic oxidation sites excluding steroid dienone is 6. The van der Waals surface area contributed by atoms with E-state index in [9.17, 15) is 19.2 Å². The topological polar surface area (TPSA) is 68.3 Å². The molecular formula is C26H14O4S2. The molecule has 0 amide bonds. The third kappa shape index (κ3) is 2.96. The summed E-state index contributed by atoms with van der Waals surface area (Å²) in [4.78, 5) is 51.9. The molecule has 3 aromatic rings. The van der Waals surface area contributed by atoms with Gasteiger partial charge in [0.25, 0.3) is 0 Å². The Bertz CT molecular complexity index is 1420.